The van der Waals surface area contributed by atoms with Gasteiger partial charge in [-0.1, -0.05) is 168 Å². The number of phenolic OH excluding ortho intramolecular Hbond substituents is 1. The normalized spacial score (nSPS) is 12.7. The minimum atomic E-state index is -0.322. The predicted octanol–water partition coefficient (Wildman–Crippen LogP) is 14.6. The molecule has 0 saturated heterocycles. The van der Waals surface area contributed by atoms with Crippen molar-refractivity contribution in [1.29, 1.82) is 0 Å². The summed E-state index contributed by atoms with van der Waals surface area (Å²) in [6.45, 7) is 25.7. The first kappa shape index (κ1) is 43.3. The highest BCUT2D eigenvalue weighted by Gasteiger charge is 2.30. The molecule has 5 aromatic carbocycles. The molecular formula is C57H58N6O2. The number of hydrogen-bond acceptors (Lipinski definition) is 7. The van der Waals surface area contributed by atoms with Crippen LogP contribution in [0.15, 0.2) is 132 Å². The molecule has 0 atom stereocenters. The highest BCUT2D eigenvalue weighted by molar-refractivity contribution is 5.98. The zero-order valence-corrected chi connectivity index (χ0v) is 39.7. The average Bonchev–Trinajstić information content (AvgIpc) is 3.87. The van der Waals surface area contributed by atoms with E-state index in [-0.39, 0.29) is 27.4 Å². The van der Waals surface area contributed by atoms with Crippen molar-refractivity contribution >= 4 is 22.0 Å². The van der Waals surface area contributed by atoms with E-state index >= 15 is 0 Å². The number of hydrogen-bond donors (Lipinski definition) is 1. The van der Waals surface area contributed by atoms with Crippen LogP contribution in [-0.4, -0.2) is 34.6 Å². The summed E-state index contributed by atoms with van der Waals surface area (Å²) >= 11 is 0. The molecule has 0 aliphatic rings. The van der Waals surface area contributed by atoms with E-state index in [1.54, 1.807) is 0 Å². The van der Waals surface area contributed by atoms with Crippen LogP contribution in [0.2, 0.25) is 0 Å². The van der Waals surface area contributed by atoms with Gasteiger partial charge in [-0.15, -0.1) is 0 Å². The third-order valence-electron chi connectivity index (χ3n) is 12.0. The van der Waals surface area contributed by atoms with E-state index in [4.69, 9.17) is 29.3 Å². The molecule has 0 aliphatic heterocycles. The molecule has 0 saturated carbocycles. The first-order chi connectivity index (χ1) is 30.6. The highest BCUT2D eigenvalue weighted by atomic mass is 16.3. The van der Waals surface area contributed by atoms with Gasteiger partial charge in [-0.3, -0.25) is 9.55 Å². The molecule has 0 aliphatic carbocycles. The van der Waals surface area contributed by atoms with Gasteiger partial charge in [0.15, 0.2) is 11.6 Å². The molecule has 9 rings (SSSR count). The second-order valence-electron chi connectivity index (χ2n) is 21.4. The van der Waals surface area contributed by atoms with E-state index < -0.39 is 0 Å². The summed E-state index contributed by atoms with van der Waals surface area (Å²) in [5.74, 6) is 3.45. The lowest BCUT2D eigenvalue weighted by molar-refractivity contribution is 0.446. The maximum atomic E-state index is 12.4. The summed E-state index contributed by atoms with van der Waals surface area (Å²) in [7, 11) is 0. The molecule has 1 N–H and O–H groups in total. The Morgan fingerprint density at radius 3 is 1.83 bits per heavy atom. The Morgan fingerprint density at radius 1 is 0.523 bits per heavy atom. The van der Waals surface area contributed by atoms with E-state index in [1.165, 1.54) is 0 Å². The first-order valence-electron chi connectivity index (χ1n) is 22.5. The predicted molar refractivity (Wildman–Crippen MR) is 266 cm³/mol. The zero-order valence-electron chi connectivity index (χ0n) is 39.7. The van der Waals surface area contributed by atoms with Crippen LogP contribution in [0.5, 0.6) is 5.75 Å². The number of pyridine rings is 1. The fourth-order valence-corrected chi connectivity index (χ4v) is 8.30. The van der Waals surface area contributed by atoms with Crippen LogP contribution >= 0.6 is 0 Å². The van der Waals surface area contributed by atoms with Crippen molar-refractivity contribution in [1.82, 2.24) is 29.5 Å². The van der Waals surface area contributed by atoms with E-state index in [9.17, 15) is 5.11 Å². The summed E-state index contributed by atoms with van der Waals surface area (Å²) in [6, 6.07) is 41.9. The fourth-order valence-electron chi connectivity index (χ4n) is 8.30. The standard InChI is InChI=1S/C57H58N6O2/c1-54(2,3)38-30-41(49(64)42(31-38)55(4,5)6)51-59-48-40(25-19-27-45(48)63(51)44-26-17-16-24-39(44)34-20-14-13-15-21-34)35-22-18-23-36(28-35)43-32-46-37(33-58-43)29-47(65-46)50-60-52(56(7,8)9)62-53(61-50)57(10,11)12/h13-33,64H,1-12H3. The Hall–Kier alpha value is -6.93. The van der Waals surface area contributed by atoms with Crippen molar-refractivity contribution in [3.63, 3.8) is 0 Å². The number of benzene rings is 5. The third-order valence-corrected chi connectivity index (χ3v) is 12.0. The largest absolute Gasteiger partial charge is 0.507 e. The molecule has 8 nitrogen and oxygen atoms in total. The number of imidazole rings is 1. The van der Waals surface area contributed by atoms with Crippen molar-refractivity contribution in [3.8, 4) is 67.9 Å². The minimum Gasteiger partial charge on any atom is -0.507 e. The van der Waals surface area contributed by atoms with Crippen molar-refractivity contribution in [2.45, 2.75) is 105 Å². The SMILES string of the molecule is CC(C)(C)c1cc(-c2nc3c(-c4cccc(-c5cc6oc(-c7nc(C(C)(C)C)nc(C(C)(C)C)n7)cc6cn5)c4)cccc3n2-c2ccccc2-c2ccccc2)c(O)c(C(C)(C)C)c1. The van der Waals surface area contributed by atoms with Crippen LogP contribution in [0, 0.1) is 0 Å². The molecule has 4 aromatic heterocycles. The van der Waals surface area contributed by atoms with Crippen molar-refractivity contribution < 1.29 is 9.52 Å². The van der Waals surface area contributed by atoms with Gasteiger partial charge in [-0.2, -0.15) is 0 Å². The number of rotatable bonds is 6. The number of aromatic nitrogens is 6. The highest BCUT2D eigenvalue weighted by Crippen LogP contribution is 2.45. The number of furan rings is 1. The molecular weight excluding hydrogens is 801 g/mol. The van der Waals surface area contributed by atoms with Gasteiger partial charge in [0.05, 0.1) is 28.0 Å². The number of phenols is 1. The number of fused-ring (bicyclic) bond motifs is 2. The summed E-state index contributed by atoms with van der Waals surface area (Å²) in [4.78, 5) is 25.1. The molecule has 328 valence electrons. The fraction of sp³-hybridized carbons (Fsp3) is 0.281. The third kappa shape index (κ3) is 8.22. The monoisotopic (exact) mass is 858 g/mol. The molecule has 65 heavy (non-hydrogen) atoms. The maximum absolute atomic E-state index is 12.4. The van der Waals surface area contributed by atoms with E-state index in [1.807, 2.05) is 24.4 Å². The minimum absolute atomic E-state index is 0.181. The van der Waals surface area contributed by atoms with Crippen LogP contribution in [0.3, 0.4) is 0 Å². The van der Waals surface area contributed by atoms with Crippen molar-refractivity contribution in [2.75, 3.05) is 0 Å². The second kappa shape index (κ2) is 15.7. The molecule has 0 unspecified atom stereocenters. The second-order valence-corrected chi connectivity index (χ2v) is 21.4. The van der Waals surface area contributed by atoms with Gasteiger partial charge in [-0.05, 0) is 57.9 Å². The van der Waals surface area contributed by atoms with E-state index in [2.05, 4.69) is 191 Å². The molecule has 9 aromatic rings. The van der Waals surface area contributed by atoms with Gasteiger partial charge in [0.1, 0.15) is 28.8 Å². The number of aromatic hydroxyl groups is 1. The van der Waals surface area contributed by atoms with Crippen LogP contribution in [0.4, 0.5) is 0 Å². The zero-order chi connectivity index (χ0) is 46.2. The lowest BCUT2D eigenvalue weighted by Gasteiger charge is -2.27. The van der Waals surface area contributed by atoms with Gasteiger partial charge in [0, 0.05) is 50.7 Å². The van der Waals surface area contributed by atoms with Crippen LogP contribution in [-0.2, 0) is 21.7 Å². The summed E-state index contributed by atoms with van der Waals surface area (Å²) < 4.78 is 8.73. The summed E-state index contributed by atoms with van der Waals surface area (Å²) in [5, 5.41) is 13.2. The summed E-state index contributed by atoms with van der Waals surface area (Å²) in [5.41, 5.74) is 10.9. The molecule has 0 fully saturated rings. The Bertz CT molecular complexity index is 3230. The van der Waals surface area contributed by atoms with Crippen molar-refractivity contribution in [2.24, 2.45) is 0 Å². The maximum Gasteiger partial charge on any atom is 0.199 e. The van der Waals surface area contributed by atoms with Gasteiger partial charge in [0.2, 0.25) is 0 Å². The molecule has 8 heteroatoms. The number of nitrogens with zero attached hydrogens (tertiary/aromatic N) is 6. The van der Waals surface area contributed by atoms with Crippen LogP contribution in [0.1, 0.15) is 106 Å². The topological polar surface area (TPSA) is 103 Å². The Balaban J connectivity index is 1.21. The van der Waals surface area contributed by atoms with Crippen LogP contribution in [0.25, 0.3) is 84.2 Å². The van der Waals surface area contributed by atoms with E-state index in [0.717, 1.165) is 78.4 Å². The summed E-state index contributed by atoms with van der Waals surface area (Å²) in [6.07, 6.45) is 1.85. The Labute approximate surface area is 382 Å². The van der Waals surface area contributed by atoms with Gasteiger partial charge in [0.25, 0.3) is 0 Å². The first-order valence-corrected chi connectivity index (χ1v) is 22.5. The molecule has 0 radical (unpaired) electrons. The Kier molecular flexibility index (Phi) is 10.4. The van der Waals surface area contributed by atoms with E-state index in [0.29, 0.717) is 28.6 Å². The molecule has 0 amide bonds. The van der Waals surface area contributed by atoms with Gasteiger partial charge >= 0.3 is 0 Å². The number of para-hydroxylation sites is 2. The molecule has 4 heterocycles. The van der Waals surface area contributed by atoms with Gasteiger partial charge in [-0.25, -0.2) is 19.9 Å². The Morgan fingerprint density at radius 2 is 1.15 bits per heavy atom. The lowest BCUT2D eigenvalue weighted by atomic mass is 9.79. The average molecular weight is 859 g/mol. The van der Waals surface area contributed by atoms with Crippen molar-refractivity contribution in [3.05, 3.63) is 150 Å². The van der Waals surface area contributed by atoms with Crippen LogP contribution < -0.4 is 0 Å². The smallest absolute Gasteiger partial charge is 0.199 e. The lowest BCUT2D eigenvalue weighted by Crippen LogP contribution is -2.23. The van der Waals surface area contributed by atoms with Gasteiger partial charge < -0.3 is 9.52 Å². The molecule has 0 spiro atoms. The quantitative estimate of drug-likeness (QED) is 0.178. The molecule has 0 bridgehead atoms.